The van der Waals surface area contributed by atoms with Crippen LogP contribution in [0.1, 0.15) is 10.5 Å². The predicted molar refractivity (Wildman–Crippen MR) is 58.0 cm³/mol. The van der Waals surface area contributed by atoms with Crippen LogP contribution in [0.15, 0.2) is 0 Å². The van der Waals surface area contributed by atoms with E-state index in [0.717, 1.165) is 0 Å². The molecule has 1 rings (SSSR count). The summed E-state index contributed by atoms with van der Waals surface area (Å²) in [7, 11) is 1.23. The highest BCUT2D eigenvalue weighted by Crippen LogP contribution is 2.27. The number of hydrogen-bond donors (Lipinski definition) is 3. The summed E-state index contributed by atoms with van der Waals surface area (Å²) in [6.45, 7) is 0.306. The Hall–Kier alpha value is -1.77. The van der Waals surface area contributed by atoms with Crippen LogP contribution in [0.4, 0.5) is 5.69 Å². The lowest BCUT2D eigenvalue weighted by Gasteiger charge is -1.99. The fraction of sp³-hybridized carbons (Fsp3) is 0.429. The predicted octanol–water partition coefficient (Wildman–Crippen LogP) is -0.0139. The topological polar surface area (TPSA) is 110 Å². The number of H-pyrrole nitrogens is 1. The Kier molecular flexibility index (Phi) is 4.11. The second-order valence-corrected chi connectivity index (χ2v) is 3.14. The van der Waals surface area contributed by atoms with Crippen molar-refractivity contribution in [2.75, 3.05) is 19.4 Å². The van der Waals surface area contributed by atoms with Gasteiger partial charge in [-0.1, -0.05) is 0 Å². The van der Waals surface area contributed by atoms with Gasteiger partial charge in [-0.2, -0.15) is 12.6 Å². The molecule has 9 heteroatoms. The molecule has 0 saturated heterocycles. The molecule has 0 fully saturated rings. The Labute approximate surface area is 95.9 Å². The molecule has 0 saturated carbocycles. The highest BCUT2D eigenvalue weighted by atomic mass is 32.1. The number of ether oxygens (including phenoxy) is 1. The minimum atomic E-state index is -0.724. The van der Waals surface area contributed by atoms with E-state index >= 15 is 0 Å². The summed E-state index contributed by atoms with van der Waals surface area (Å²) in [5.74, 6) is -0.400. The second-order valence-electron chi connectivity index (χ2n) is 2.69. The molecular formula is C7H10N4O4S. The van der Waals surface area contributed by atoms with Crippen LogP contribution in [0.25, 0.3) is 0 Å². The number of rotatable bonds is 5. The van der Waals surface area contributed by atoms with Gasteiger partial charge in [-0.25, -0.2) is 0 Å². The fourth-order valence-corrected chi connectivity index (χ4v) is 1.16. The van der Waals surface area contributed by atoms with Gasteiger partial charge in [0.1, 0.15) is 0 Å². The molecule has 0 spiro atoms. The van der Waals surface area contributed by atoms with Crippen molar-refractivity contribution in [3.8, 4) is 5.88 Å². The zero-order valence-electron chi connectivity index (χ0n) is 8.39. The number of hydrogen-bond acceptors (Lipinski definition) is 6. The maximum Gasteiger partial charge on any atom is 0.362 e. The SMILES string of the molecule is COc1n[nH]c(C(=O)NCCS)c1[N+](=O)[O-]. The van der Waals surface area contributed by atoms with Gasteiger partial charge in [0, 0.05) is 12.3 Å². The Morgan fingerprint density at radius 1 is 1.75 bits per heavy atom. The van der Waals surface area contributed by atoms with Crippen LogP contribution < -0.4 is 10.1 Å². The smallest absolute Gasteiger partial charge is 0.362 e. The molecule has 88 valence electrons. The highest BCUT2D eigenvalue weighted by molar-refractivity contribution is 7.80. The molecule has 0 radical (unpaired) electrons. The van der Waals surface area contributed by atoms with Crippen molar-refractivity contribution < 1.29 is 14.5 Å². The van der Waals surface area contributed by atoms with E-state index in [1.165, 1.54) is 7.11 Å². The third-order valence-corrected chi connectivity index (χ3v) is 1.93. The number of nitrogens with one attached hydrogen (secondary N) is 2. The van der Waals surface area contributed by atoms with Gasteiger partial charge >= 0.3 is 11.6 Å². The van der Waals surface area contributed by atoms with Crippen molar-refractivity contribution in [2.24, 2.45) is 0 Å². The van der Waals surface area contributed by atoms with Crippen molar-refractivity contribution >= 4 is 24.2 Å². The third-order valence-electron chi connectivity index (χ3n) is 1.71. The van der Waals surface area contributed by atoms with Gasteiger partial charge in [-0.3, -0.25) is 20.0 Å². The molecule has 0 atom stereocenters. The zero-order chi connectivity index (χ0) is 12.1. The molecule has 2 N–H and O–H groups in total. The quantitative estimate of drug-likeness (QED) is 0.384. The minimum Gasteiger partial charge on any atom is -0.475 e. The monoisotopic (exact) mass is 246 g/mol. The second kappa shape index (κ2) is 5.35. The standard InChI is InChI=1S/C7H10N4O4S/c1-15-7-5(11(13)14)4(9-10-7)6(12)8-2-3-16/h16H,2-3H2,1H3,(H,8,12)(H,9,10). The van der Waals surface area contributed by atoms with E-state index in [4.69, 9.17) is 0 Å². The number of aromatic amines is 1. The van der Waals surface area contributed by atoms with Gasteiger partial charge in [0.05, 0.1) is 12.0 Å². The molecule has 1 aromatic rings. The van der Waals surface area contributed by atoms with Crippen LogP contribution in [0.3, 0.4) is 0 Å². The molecule has 0 aliphatic carbocycles. The van der Waals surface area contributed by atoms with Crippen LogP contribution >= 0.6 is 12.6 Å². The summed E-state index contributed by atoms with van der Waals surface area (Å²) in [4.78, 5) is 21.5. The summed E-state index contributed by atoms with van der Waals surface area (Å²) in [6, 6.07) is 0. The largest absolute Gasteiger partial charge is 0.475 e. The van der Waals surface area contributed by atoms with Gasteiger partial charge in [0.15, 0.2) is 0 Å². The molecule has 1 aromatic heterocycles. The van der Waals surface area contributed by atoms with E-state index in [0.29, 0.717) is 12.3 Å². The number of amides is 1. The van der Waals surface area contributed by atoms with E-state index in [1.54, 1.807) is 0 Å². The average molecular weight is 246 g/mol. The summed E-state index contributed by atoms with van der Waals surface area (Å²) in [6.07, 6.45) is 0. The van der Waals surface area contributed by atoms with Crippen LogP contribution in [0.5, 0.6) is 5.88 Å². The van der Waals surface area contributed by atoms with Gasteiger partial charge < -0.3 is 10.1 Å². The Bertz CT molecular complexity index is 405. The van der Waals surface area contributed by atoms with Gasteiger partial charge in [-0.15, -0.1) is 5.10 Å². The maximum atomic E-state index is 11.5. The number of aromatic nitrogens is 2. The molecule has 0 aromatic carbocycles. The van der Waals surface area contributed by atoms with Crippen molar-refractivity contribution in [1.82, 2.24) is 15.5 Å². The van der Waals surface area contributed by atoms with Crippen molar-refractivity contribution in [2.45, 2.75) is 0 Å². The summed E-state index contributed by atoms with van der Waals surface area (Å²) in [5.41, 5.74) is -0.706. The highest BCUT2D eigenvalue weighted by Gasteiger charge is 2.29. The van der Waals surface area contributed by atoms with Crippen LogP contribution in [0.2, 0.25) is 0 Å². The first-order chi connectivity index (χ1) is 7.61. The third kappa shape index (κ3) is 2.42. The molecule has 16 heavy (non-hydrogen) atoms. The Balaban J connectivity index is 2.99. The molecule has 1 amide bonds. The van der Waals surface area contributed by atoms with E-state index in [9.17, 15) is 14.9 Å². The normalized spacial score (nSPS) is 9.88. The summed E-state index contributed by atoms with van der Waals surface area (Å²) >= 11 is 3.90. The van der Waals surface area contributed by atoms with Crippen molar-refractivity contribution in [3.05, 3.63) is 15.8 Å². The van der Waals surface area contributed by atoms with Gasteiger partial charge in [-0.05, 0) is 0 Å². The zero-order valence-corrected chi connectivity index (χ0v) is 9.28. The fourth-order valence-electron chi connectivity index (χ4n) is 1.05. The number of carbonyl (C=O) groups excluding carboxylic acids is 1. The van der Waals surface area contributed by atoms with E-state index in [-0.39, 0.29) is 11.6 Å². The van der Waals surface area contributed by atoms with Crippen molar-refractivity contribution in [3.63, 3.8) is 0 Å². The molecule has 8 nitrogen and oxygen atoms in total. The van der Waals surface area contributed by atoms with E-state index < -0.39 is 16.5 Å². The molecular weight excluding hydrogens is 236 g/mol. The molecule has 1 heterocycles. The van der Waals surface area contributed by atoms with Crippen LogP contribution in [0, 0.1) is 10.1 Å². The molecule has 0 unspecified atom stereocenters. The molecule has 0 aliphatic rings. The minimum absolute atomic E-state index is 0.221. The Morgan fingerprint density at radius 3 is 2.94 bits per heavy atom. The van der Waals surface area contributed by atoms with E-state index in [2.05, 4.69) is 32.9 Å². The van der Waals surface area contributed by atoms with Gasteiger partial charge in [0.25, 0.3) is 5.91 Å². The van der Waals surface area contributed by atoms with Gasteiger partial charge in [0.2, 0.25) is 5.69 Å². The lowest BCUT2D eigenvalue weighted by Crippen LogP contribution is -2.26. The van der Waals surface area contributed by atoms with Crippen molar-refractivity contribution in [1.29, 1.82) is 0 Å². The summed E-state index contributed by atoms with van der Waals surface area (Å²) in [5, 5.41) is 18.9. The number of thiol groups is 1. The molecule has 0 bridgehead atoms. The first-order valence-electron chi connectivity index (χ1n) is 4.27. The maximum absolute atomic E-state index is 11.5. The van der Waals surface area contributed by atoms with Crippen LogP contribution in [-0.4, -0.2) is 40.4 Å². The number of nitro groups is 1. The first-order valence-corrected chi connectivity index (χ1v) is 4.90. The number of methoxy groups -OCH3 is 1. The van der Waals surface area contributed by atoms with Crippen LogP contribution in [-0.2, 0) is 0 Å². The average Bonchev–Trinajstić information content (AvgIpc) is 2.69. The Morgan fingerprint density at radius 2 is 2.44 bits per heavy atom. The van der Waals surface area contributed by atoms with E-state index in [1.807, 2.05) is 0 Å². The number of carbonyl (C=O) groups is 1. The number of nitrogens with zero attached hydrogens (tertiary/aromatic N) is 2. The lowest BCUT2D eigenvalue weighted by molar-refractivity contribution is -0.386. The summed E-state index contributed by atoms with van der Waals surface area (Å²) < 4.78 is 4.66. The first kappa shape index (κ1) is 12.3. The molecule has 0 aliphatic heterocycles. The lowest BCUT2D eigenvalue weighted by atomic mass is 10.3.